The highest BCUT2D eigenvalue weighted by Crippen LogP contribution is 2.47. The van der Waals surface area contributed by atoms with Gasteiger partial charge in [0.15, 0.2) is 0 Å². The van der Waals surface area contributed by atoms with Crippen LogP contribution in [0.4, 0.5) is 0 Å². The molecule has 2 heterocycles. The van der Waals surface area contributed by atoms with Gasteiger partial charge in [0.05, 0.1) is 10.8 Å². The van der Waals surface area contributed by atoms with Gasteiger partial charge in [0.2, 0.25) is 0 Å². The number of thiophene rings is 1. The lowest BCUT2D eigenvalue weighted by molar-refractivity contribution is -0.164. The molecule has 0 radical (unpaired) electrons. The van der Waals surface area contributed by atoms with Crippen molar-refractivity contribution < 1.29 is 19.7 Å². The van der Waals surface area contributed by atoms with Gasteiger partial charge in [-0.25, -0.2) is 4.79 Å². The summed E-state index contributed by atoms with van der Waals surface area (Å²) in [4.78, 5) is 14.6. The number of carbonyl (C=O) groups excluding carboxylic acids is 1. The zero-order valence-corrected chi connectivity index (χ0v) is 21.5. The van der Waals surface area contributed by atoms with E-state index in [1.807, 2.05) is 38.1 Å². The van der Waals surface area contributed by atoms with Crippen molar-refractivity contribution in [2.45, 2.75) is 82.6 Å². The standard InChI is InChI=1S/C26H34O4S2/c1-16(2)26(12-11-18-9-7-8-10-19(18)15-27)14-21(28)22(23(29)30-26)32-24-20(25(4,5)6)13-17(3)31-24/h7-10,13,16,27-28H,11-12,14-15H2,1-6H3. The summed E-state index contributed by atoms with van der Waals surface area (Å²) in [5, 5.41) is 20.6. The summed E-state index contributed by atoms with van der Waals surface area (Å²) >= 11 is 2.97. The Hall–Kier alpha value is -1.76. The first-order chi connectivity index (χ1) is 15.0. The zero-order valence-electron chi connectivity index (χ0n) is 19.8. The van der Waals surface area contributed by atoms with Gasteiger partial charge in [-0.15, -0.1) is 11.3 Å². The maximum atomic E-state index is 13.1. The summed E-state index contributed by atoms with van der Waals surface area (Å²) in [5.74, 6) is -0.300. The van der Waals surface area contributed by atoms with Crippen LogP contribution in [0.25, 0.3) is 0 Å². The molecule has 2 aromatic rings. The molecule has 0 saturated carbocycles. The highest BCUT2D eigenvalue weighted by atomic mass is 32.2. The fourth-order valence-corrected chi connectivity index (χ4v) is 6.82. The van der Waals surface area contributed by atoms with Crippen LogP contribution in [0, 0.1) is 12.8 Å². The van der Waals surface area contributed by atoms with E-state index in [2.05, 4.69) is 33.8 Å². The molecule has 1 aromatic carbocycles. The van der Waals surface area contributed by atoms with Crippen molar-refractivity contribution in [3.63, 3.8) is 0 Å². The van der Waals surface area contributed by atoms with Crippen LogP contribution in [0.15, 0.2) is 45.2 Å². The Bertz CT molecular complexity index is 1010. The van der Waals surface area contributed by atoms with Crippen molar-refractivity contribution in [2.75, 3.05) is 0 Å². The SMILES string of the molecule is Cc1cc(C(C)(C)C)c(SC2=C(O)CC(CCc3ccccc3CO)(C(C)C)OC2=O)s1. The molecule has 1 aromatic heterocycles. The molecule has 0 bridgehead atoms. The summed E-state index contributed by atoms with van der Waals surface area (Å²) in [5.41, 5.74) is 2.28. The number of cyclic esters (lactones) is 1. The van der Waals surface area contributed by atoms with Crippen LogP contribution < -0.4 is 0 Å². The second-order valence-corrected chi connectivity index (χ2v) is 12.4. The van der Waals surface area contributed by atoms with Crippen LogP contribution in [-0.4, -0.2) is 21.8 Å². The number of hydrogen-bond donors (Lipinski definition) is 2. The molecule has 6 heteroatoms. The van der Waals surface area contributed by atoms with Crippen molar-refractivity contribution in [1.29, 1.82) is 0 Å². The van der Waals surface area contributed by atoms with E-state index >= 15 is 0 Å². The van der Waals surface area contributed by atoms with Crippen LogP contribution in [0.1, 0.15) is 69.0 Å². The Labute approximate surface area is 199 Å². The van der Waals surface area contributed by atoms with Gasteiger partial charge in [0.25, 0.3) is 0 Å². The number of carbonyl (C=O) groups is 1. The molecule has 2 N–H and O–H groups in total. The maximum Gasteiger partial charge on any atom is 0.349 e. The second kappa shape index (κ2) is 9.62. The minimum Gasteiger partial charge on any atom is -0.511 e. The second-order valence-electron chi connectivity index (χ2n) is 9.90. The minimum absolute atomic E-state index is 0.0209. The average molecular weight is 475 g/mol. The first-order valence-electron chi connectivity index (χ1n) is 11.1. The summed E-state index contributed by atoms with van der Waals surface area (Å²) < 4.78 is 7.11. The van der Waals surface area contributed by atoms with Crippen LogP contribution in [0.3, 0.4) is 0 Å². The topological polar surface area (TPSA) is 66.8 Å². The third-order valence-corrected chi connectivity index (χ3v) is 8.55. The third-order valence-electron chi connectivity index (χ3n) is 6.19. The fourth-order valence-electron chi connectivity index (χ4n) is 4.09. The molecule has 1 atom stereocenters. The smallest absolute Gasteiger partial charge is 0.349 e. The first-order valence-corrected chi connectivity index (χ1v) is 12.7. The normalized spacial score (nSPS) is 19.6. The molecular weight excluding hydrogens is 440 g/mol. The molecule has 1 aliphatic rings. The largest absolute Gasteiger partial charge is 0.511 e. The van der Waals surface area contributed by atoms with E-state index in [4.69, 9.17) is 4.74 Å². The maximum absolute atomic E-state index is 13.1. The molecule has 174 valence electrons. The molecule has 0 fully saturated rings. The predicted molar refractivity (Wildman–Crippen MR) is 132 cm³/mol. The van der Waals surface area contributed by atoms with Crippen LogP contribution >= 0.6 is 23.1 Å². The van der Waals surface area contributed by atoms with Gasteiger partial charge in [0.1, 0.15) is 16.3 Å². The molecular formula is C26H34O4S2. The van der Waals surface area contributed by atoms with Gasteiger partial charge < -0.3 is 14.9 Å². The van der Waals surface area contributed by atoms with Crippen molar-refractivity contribution in [3.05, 3.63) is 62.6 Å². The van der Waals surface area contributed by atoms with E-state index in [9.17, 15) is 15.0 Å². The lowest BCUT2D eigenvalue weighted by Gasteiger charge is -2.40. The van der Waals surface area contributed by atoms with E-state index < -0.39 is 11.6 Å². The Morgan fingerprint density at radius 1 is 1.22 bits per heavy atom. The van der Waals surface area contributed by atoms with E-state index in [1.165, 1.54) is 22.2 Å². The number of rotatable bonds is 7. The van der Waals surface area contributed by atoms with Crippen molar-refractivity contribution in [3.8, 4) is 0 Å². The fraction of sp³-hybridized carbons (Fsp3) is 0.500. The van der Waals surface area contributed by atoms with Gasteiger partial charge in [-0.2, -0.15) is 0 Å². The molecule has 32 heavy (non-hydrogen) atoms. The Balaban J connectivity index is 1.87. The van der Waals surface area contributed by atoms with E-state index in [0.29, 0.717) is 24.2 Å². The van der Waals surface area contributed by atoms with Gasteiger partial charge in [-0.1, -0.05) is 70.6 Å². The minimum atomic E-state index is -0.772. The van der Waals surface area contributed by atoms with Crippen molar-refractivity contribution in [2.24, 2.45) is 5.92 Å². The highest BCUT2D eigenvalue weighted by molar-refractivity contribution is 8.05. The quantitative estimate of drug-likeness (QED) is 0.438. The lowest BCUT2D eigenvalue weighted by Crippen LogP contribution is -2.44. The number of aryl methyl sites for hydroxylation is 2. The van der Waals surface area contributed by atoms with Crippen molar-refractivity contribution in [1.82, 2.24) is 0 Å². The number of aliphatic hydroxyl groups excluding tert-OH is 2. The van der Waals surface area contributed by atoms with Crippen LogP contribution in [0.2, 0.25) is 0 Å². The van der Waals surface area contributed by atoms with Crippen LogP contribution in [-0.2, 0) is 28.0 Å². The summed E-state index contributed by atoms with van der Waals surface area (Å²) in [6, 6.07) is 9.92. The van der Waals surface area contributed by atoms with E-state index in [0.717, 1.165) is 15.3 Å². The molecule has 3 rings (SSSR count). The Morgan fingerprint density at radius 3 is 2.44 bits per heavy atom. The van der Waals surface area contributed by atoms with E-state index in [-0.39, 0.29) is 23.7 Å². The van der Waals surface area contributed by atoms with Gasteiger partial charge in [0, 0.05) is 11.3 Å². The average Bonchev–Trinajstić information content (AvgIpc) is 3.10. The highest BCUT2D eigenvalue weighted by Gasteiger charge is 2.44. The predicted octanol–water partition coefficient (Wildman–Crippen LogP) is 6.68. The van der Waals surface area contributed by atoms with Gasteiger partial charge >= 0.3 is 5.97 Å². The van der Waals surface area contributed by atoms with Crippen molar-refractivity contribution >= 4 is 29.1 Å². The van der Waals surface area contributed by atoms with Gasteiger partial charge in [-0.3, -0.25) is 0 Å². The number of aliphatic hydroxyl groups is 2. The zero-order chi connectivity index (χ0) is 23.7. The Kier molecular flexibility index (Phi) is 7.48. The molecule has 0 saturated heterocycles. The number of ether oxygens (including phenoxy) is 1. The molecule has 0 aliphatic carbocycles. The number of hydrogen-bond acceptors (Lipinski definition) is 6. The molecule has 0 spiro atoms. The van der Waals surface area contributed by atoms with Crippen LogP contribution in [0.5, 0.6) is 0 Å². The number of benzene rings is 1. The molecule has 1 aliphatic heterocycles. The summed E-state index contributed by atoms with van der Waals surface area (Å²) in [7, 11) is 0. The Morgan fingerprint density at radius 2 is 1.88 bits per heavy atom. The number of thioether (sulfide) groups is 1. The molecule has 4 nitrogen and oxygen atoms in total. The number of esters is 1. The third kappa shape index (κ3) is 5.24. The monoisotopic (exact) mass is 474 g/mol. The summed E-state index contributed by atoms with van der Waals surface area (Å²) in [6.07, 6.45) is 1.55. The molecule has 1 unspecified atom stereocenters. The molecule has 0 amide bonds. The van der Waals surface area contributed by atoms with E-state index in [1.54, 1.807) is 11.3 Å². The first kappa shape index (κ1) is 24.9. The summed E-state index contributed by atoms with van der Waals surface area (Å²) in [6.45, 7) is 12.5. The lowest BCUT2D eigenvalue weighted by atomic mass is 9.79. The van der Waals surface area contributed by atoms with Gasteiger partial charge in [-0.05, 0) is 53.9 Å².